The number of imidazole rings is 1. The molecule has 0 spiro atoms. The highest BCUT2D eigenvalue weighted by Gasteiger charge is 2.02. The largest absolute Gasteiger partial charge is 1.00 e. The summed E-state index contributed by atoms with van der Waals surface area (Å²) in [7, 11) is 0. The number of unbranched alkanes of at least 4 members (excludes halogenated alkanes) is 3. The molecule has 0 saturated heterocycles. The summed E-state index contributed by atoms with van der Waals surface area (Å²) in [6, 6.07) is 2.17. The molecule has 0 aliphatic rings. The van der Waals surface area contributed by atoms with Crippen molar-refractivity contribution in [3.63, 3.8) is 0 Å². The predicted octanol–water partition coefficient (Wildman–Crippen LogP) is -0.726. The van der Waals surface area contributed by atoms with Gasteiger partial charge in [-0.25, -0.2) is 9.13 Å². The number of nitrogens with zero attached hydrogens (tertiary/aromatic N) is 3. The van der Waals surface area contributed by atoms with Crippen LogP contribution in [0, 0.1) is 11.3 Å². The van der Waals surface area contributed by atoms with E-state index in [1.54, 1.807) is 0 Å². The lowest BCUT2D eigenvalue weighted by Gasteiger charge is -1.94. The van der Waals surface area contributed by atoms with Crippen molar-refractivity contribution in [1.82, 2.24) is 4.57 Å². The van der Waals surface area contributed by atoms with Crippen molar-refractivity contribution in [1.29, 1.82) is 5.26 Å². The molecule has 0 N–H and O–H groups in total. The molecule has 1 rings (SSSR count). The van der Waals surface area contributed by atoms with Gasteiger partial charge in [0.15, 0.2) is 0 Å². The lowest BCUT2D eigenvalue weighted by molar-refractivity contribution is -0.696. The molecule has 90 valence electrons. The van der Waals surface area contributed by atoms with E-state index in [2.05, 4.69) is 40.8 Å². The Balaban J connectivity index is 0.00000225. The molecule has 0 atom stereocenters. The Bertz CT molecular complexity index is 314. The van der Waals surface area contributed by atoms with E-state index in [-0.39, 0.29) is 12.4 Å². The molecule has 1 aromatic rings. The van der Waals surface area contributed by atoms with Gasteiger partial charge in [-0.15, -0.1) is 0 Å². The molecule has 0 bridgehead atoms. The maximum Gasteiger partial charge on any atom is 0.243 e. The molecule has 3 nitrogen and oxygen atoms in total. The Morgan fingerprint density at radius 2 is 2.12 bits per heavy atom. The van der Waals surface area contributed by atoms with Gasteiger partial charge in [0.2, 0.25) is 6.33 Å². The van der Waals surface area contributed by atoms with Crippen LogP contribution in [0.2, 0.25) is 0 Å². The zero-order valence-corrected chi connectivity index (χ0v) is 10.7. The SMILES string of the molecule is CCCCn1cc[n+](CCCCC#N)c1.[Cl-]. The van der Waals surface area contributed by atoms with Gasteiger partial charge in [0.25, 0.3) is 0 Å². The van der Waals surface area contributed by atoms with Crippen molar-refractivity contribution >= 4 is 0 Å². The highest BCUT2D eigenvalue weighted by molar-refractivity contribution is 4.68. The van der Waals surface area contributed by atoms with Crippen molar-refractivity contribution < 1.29 is 17.0 Å². The van der Waals surface area contributed by atoms with Crippen LogP contribution in [-0.4, -0.2) is 4.57 Å². The number of hydrogen-bond donors (Lipinski definition) is 0. The summed E-state index contributed by atoms with van der Waals surface area (Å²) in [5, 5.41) is 8.40. The van der Waals surface area contributed by atoms with Crippen LogP contribution in [0.15, 0.2) is 18.7 Å². The Hall–Kier alpha value is -1.01. The second-order valence-electron chi connectivity index (χ2n) is 3.86. The first-order chi connectivity index (χ1) is 7.36. The maximum absolute atomic E-state index is 8.40. The molecule has 16 heavy (non-hydrogen) atoms. The summed E-state index contributed by atoms with van der Waals surface area (Å²) in [5.74, 6) is 0. The van der Waals surface area contributed by atoms with Gasteiger partial charge >= 0.3 is 0 Å². The van der Waals surface area contributed by atoms with Gasteiger partial charge < -0.3 is 12.4 Å². The number of aryl methyl sites for hydroxylation is 2. The van der Waals surface area contributed by atoms with E-state index in [0.29, 0.717) is 6.42 Å². The normalized spacial score (nSPS) is 9.50. The summed E-state index contributed by atoms with van der Waals surface area (Å²) in [6.07, 6.45) is 11.6. The zero-order chi connectivity index (χ0) is 10.9. The van der Waals surface area contributed by atoms with Crippen molar-refractivity contribution in [2.24, 2.45) is 0 Å². The molecule has 0 aromatic carbocycles. The average Bonchev–Trinajstić information content (AvgIpc) is 2.69. The molecule has 0 aliphatic heterocycles. The van der Waals surface area contributed by atoms with Crippen LogP contribution in [0.3, 0.4) is 0 Å². The quantitative estimate of drug-likeness (QED) is 0.458. The van der Waals surface area contributed by atoms with E-state index < -0.39 is 0 Å². The third-order valence-electron chi connectivity index (χ3n) is 2.47. The Kier molecular flexibility index (Phi) is 8.65. The fourth-order valence-corrected chi connectivity index (χ4v) is 1.54. The summed E-state index contributed by atoms with van der Waals surface area (Å²) in [4.78, 5) is 0. The third kappa shape index (κ3) is 5.77. The van der Waals surface area contributed by atoms with Gasteiger partial charge in [0.05, 0.1) is 19.2 Å². The second kappa shape index (κ2) is 9.23. The molecular weight excluding hydrogens is 222 g/mol. The molecule has 0 unspecified atom stereocenters. The Morgan fingerprint density at radius 1 is 1.31 bits per heavy atom. The van der Waals surface area contributed by atoms with E-state index in [4.69, 9.17) is 5.26 Å². The van der Waals surface area contributed by atoms with Gasteiger partial charge in [-0.2, -0.15) is 5.26 Å². The molecule has 4 heteroatoms. The summed E-state index contributed by atoms with van der Waals surface area (Å²) in [6.45, 7) is 4.35. The number of aromatic nitrogens is 2. The molecule has 1 aromatic heterocycles. The molecule has 0 fully saturated rings. The van der Waals surface area contributed by atoms with Gasteiger partial charge in [-0.1, -0.05) is 13.3 Å². The van der Waals surface area contributed by atoms with Gasteiger partial charge in [0.1, 0.15) is 12.4 Å². The molecule has 0 radical (unpaired) electrons. The van der Waals surface area contributed by atoms with Gasteiger partial charge in [-0.05, 0) is 19.3 Å². The summed E-state index contributed by atoms with van der Waals surface area (Å²) in [5.41, 5.74) is 0. The monoisotopic (exact) mass is 241 g/mol. The number of nitriles is 1. The summed E-state index contributed by atoms with van der Waals surface area (Å²) < 4.78 is 4.43. The molecular formula is C12H20ClN3. The predicted molar refractivity (Wildman–Crippen MR) is 59.0 cm³/mol. The smallest absolute Gasteiger partial charge is 0.243 e. The fourth-order valence-electron chi connectivity index (χ4n) is 1.54. The average molecular weight is 242 g/mol. The molecule has 0 aliphatic carbocycles. The highest BCUT2D eigenvalue weighted by atomic mass is 35.5. The summed E-state index contributed by atoms with van der Waals surface area (Å²) >= 11 is 0. The van der Waals surface area contributed by atoms with Crippen LogP contribution >= 0.6 is 0 Å². The van der Waals surface area contributed by atoms with Crippen molar-refractivity contribution in [2.75, 3.05) is 0 Å². The minimum atomic E-state index is 0. The van der Waals surface area contributed by atoms with Crippen LogP contribution in [0.5, 0.6) is 0 Å². The first-order valence-electron chi connectivity index (χ1n) is 5.78. The van der Waals surface area contributed by atoms with E-state index in [0.717, 1.165) is 25.9 Å². The van der Waals surface area contributed by atoms with E-state index in [1.165, 1.54) is 12.8 Å². The third-order valence-corrected chi connectivity index (χ3v) is 2.47. The van der Waals surface area contributed by atoms with Gasteiger partial charge in [0, 0.05) is 6.42 Å². The molecule has 0 saturated carbocycles. The van der Waals surface area contributed by atoms with Crippen LogP contribution < -0.4 is 17.0 Å². The number of hydrogen-bond acceptors (Lipinski definition) is 1. The van der Waals surface area contributed by atoms with Crippen molar-refractivity contribution in [2.45, 2.75) is 52.1 Å². The van der Waals surface area contributed by atoms with Gasteiger partial charge in [-0.3, -0.25) is 0 Å². The lowest BCUT2D eigenvalue weighted by atomic mass is 10.2. The first kappa shape index (κ1) is 15.0. The second-order valence-corrected chi connectivity index (χ2v) is 3.86. The zero-order valence-electron chi connectivity index (χ0n) is 9.90. The topological polar surface area (TPSA) is 32.6 Å². The first-order valence-corrected chi connectivity index (χ1v) is 5.78. The fraction of sp³-hybridized carbons (Fsp3) is 0.667. The van der Waals surface area contributed by atoms with Crippen LogP contribution in [-0.2, 0) is 13.1 Å². The Morgan fingerprint density at radius 3 is 2.81 bits per heavy atom. The molecule has 1 heterocycles. The minimum Gasteiger partial charge on any atom is -1.00 e. The van der Waals surface area contributed by atoms with E-state index >= 15 is 0 Å². The standard InChI is InChI=1S/C12H20N3.ClH/c1-2-3-8-14-10-11-15(12-14)9-6-4-5-7-13;/h10-12H,2-6,8-9H2,1H3;1H/q+1;/p-1. The van der Waals surface area contributed by atoms with Crippen LogP contribution in [0.25, 0.3) is 0 Å². The van der Waals surface area contributed by atoms with E-state index in [9.17, 15) is 0 Å². The maximum atomic E-state index is 8.40. The molecule has 0 amide bonds. The van der Waals surface area contributed by atoms with Crippen molar-refractivity contribution in [3.05, 3.63) is 18.7 Å². The van der Waals surface area contributed by atoms with Crippen molar-refractivity contribution in [3.8, 4) is 6.07 Å². The Labute approximate surface area is 104 Å². The highest BCUT2D eigenvalue weighted by Crippen LogP contribution is 1.95. The van der Waals surface area contributed by atoms with Crippen LogP contribution in [0.4, 0.5) is 0 Å². The van der Waals surface area contributed by atoms with E-state index in [1.807, 2.05) is 0 Å². The van der Waals surface area contributed by atoms with Crippen LogP contribution in [0.1, 0.15) is 39.0 Å². The number of halogens is 1. The number of rotatable bonds is 7. The lowest BCUT2D eigenvalue weighted by Crippen LogP contribution is -3.00. The minimum absolute atomic E-state index is 0.